The van der Waals surface area contributed by atoms with E-state index in [0.29, 0.717) is 12.6 Å². The summed E-state index contributed by atoms with van der Waals surface area (Å²) in [6.45, 7) is 4.50. The molecule has 0 spiro atoms. The van der Waals surface area contributed by atoms with Crippen LogP contribution in [0.3, 0.4) is 0 Å². The van der Waals surface area contributed by atoms with Gasteiger partial charge in [-0.05, 0) is 31.4 Å². The summed E-state index contributed by atoms with van der Waals surface area (Å²) in [5, 5.41) is 0. The molecule has 27 heavy (non-hydrogen) atoms. The fourth-order valence-electron chi connectivity index (χ4n) is 7.75. The van der Waals surface area contributed by atoms with E-state index in [0.717, 1.165) is 25.9 Å². The number of fused-ring (bicyclic) bond motifs is 3. The Hall–Kier alpha value is -1.85. The summed E-state index contributed by atoms with van der Waals surface area (Å²) in [6, 6.07) is 8.92. The van der Waals surface area contributed by atoms with Gasteiger partial charge in [-0.1, -0.05) is 29.8 Å². The molecular weight excluding hydrogens is 340 g/mol. The first kappa shape index (κ1) is 16.1. The number of methoxy groups -OCH3 is 1. The van der Waals surface area contributed by atoms with Crippen LogP contribution in [0, 0.1) is 11.3 Å². The number of rotatable bonds is 1. The molecule has 5 atom stereocenters. The monoisotopic (exact) mass is 366 g/mol. The van der Waals surface area contributed by atoms with Gasteiger partial charge >= 0.3 is 5.97 Å². The fourth-order valence-corrected chi connectivity index (χ4v) is 7.75. The molecule has 5 heteroatoms. The van der Waals surface area contributed by atoms with Crippen molar-refractivity contribution in [1.82, 2.24) is 4.90 Å². The third-order valence-corrected chi connectivity index (χ3v) is 8.59. The second-order valence-electron chi connectivity index (χ2n) is 8.82. The molecule has 0 N–H and O–H groups in total. The smallest absolute Gasteiger partial charge is 0.315 e. The summed E-state index contributed by atoms with van der Waals surface area (Å²) in [6.07, 6.45) is 4.13. The highest BCUT2D eigenvalue weighted by atomic mass is 16.6. The largest absolute Gasteiger partial charge is 0.468 e. The molecule has 4 fully saturated rings. The molecule has 1 aromatic carbocycles. The number of anilines is 1. The summed E-state index contributed by atoms with van der Waals surface area (Å²) in [5.41, 5.74) is 2.40. The van der Waals surface area contributed by atoms with Crippen molar-refractivity contribution in [2.45, 2.75) is 36.9 Å². The van der Waals surface area contributed by atoms with Crippen molar-refractivity contribution in [3.63, 3.8) is 0 Å². The summed E-state index contributed by atoms with van der Waals surface area (Å²) in [4.78, 5) is 18.5. The van der Waals surface area contributed by atoms with Crippen LogP contribution in [-0.4, -0.2) is 56.5 Å². The Morgan fingerprint density at radius 1 is 1.37 bits per heavy atom. The molecule has 6 rings (SSSR count). The molecule has 1 aliphatic carbocycles. The van der Waals surface area contributed by atoms with Gasteiger partial charge in [0.2, 0.25) is 0 Å². The molecule has 0 radical (unpaired) electrons. The van der Waals surface area contributed by atoms with Gasteiger partial charge in [-0.15, -0.1) is 0 Å². The van der Waals surface area contributed by atoms with Gasteiger partial charge in [-0.2, -0.15) is 0 Å². The Balaban J connectivity index is 1.75. The van der Waals surface area contributed by atoms with Crippen molar-refractivity contribution in [2.75, 3.05) is 38.8 Å². The first-order chi connectivity index (χ1) is 13.1. The third-order valence-electron chi connectivity index (χ3n) is 8.59. The van der Waals surface area contributed by atoms with E-state index in [1.54, 1.807) is 0 Å². The molecule has 1 aromatic rings. The zero-order valence-electron chi connectivity index (χ0n) is 16.2. The van der Waals surface area contributed by atoms with E-state index in [9.17, 15) is 4.79 Å². The second kappa shape index (κ2) is 4.76. The molecule has 1 saturated carbocycles. The fraction of sp³-hybridized carbons (Fsp3) is 0.591. The standard InChI is InChI=1S/C22H26N2O3/c1-4-14-12-24-10-9-21-15-7-5-6-8-17(15)23(2)22(21)18(24)11-16(14)20(21,13-27-22)19(25)26-3/h4-8,16,18H,9-13H2,1-3H3/t16-,18-,20-,21-,22+/m0/s1. The maximum absolute atomic E-state index is 13.6. The van der Waals surface area contributed by atoms with Crippen LogP contribution in [0.25, 0.3) is 0 Å². The first-order valence-electron chi connectivity index (χ1n) is 10.0. The highest BCUT2D eigenvalue weighted by Crippen LogP contribution is 2.76. The maximum atomic E-state index is 13.6. The third kappa shape index (κ3) is 1.34. The van der Waals surface area contributed by atoms with Gasteiger partial charge in [0.25, 0.3) is 0 Å². The zero-order valence-corrected chi connectivity index (χ0v) is 16.2. The van der Waals surface area contributed by atoms with Crippen LogP contribution in [0.1, 0.15) is 25.3 Å². The zero-order chi connectivity index (χ0) is 18.6. The second-order valence-corrected chi connectivity index (χ2v) is 8.82. The Morgan fingerprint density at radius 2 is 2.19 bits per heavy atom. The molecule has 4 heterocycles. The minimum atomic E-state index is -0.645. The van der Waals surface area contributed by atoms with Crippen LogP contribution < -0.4 is 4.90 Å². The van der Waals surface area contributed by atoms with E-state index in [4.69, 9.17) is 9.47 Å². The Kier molecular flexibility index (Phi) is 2.84. The maximum Gasteiger partial charge on any atom is 0.315 e. The molecule has 5 aliphatic rings. The SMILES string of the molecule is CC=C1CN2CC[C@@]34c5ccccc5N(C)[C@]35OC[C@@]4(C(=O)OC)[C@H]1C[C@H]25. The van der Waals surface area contributed by atoms with Crippen LogP contribution in [0.4, 0.5) is 5.69 Å². The van der Waals surface area contributed by atoms with E-state index < -0.39 is 11.1 Å². The van der Waals surface area contributed by atoms with E-state index in [-0.39, 0.29) is 17.3 Å². The van der Waals surface area contributed by atoms with Gasteiger partial charge < -0.3 is 14.4 Å². The molecule has 0 aromatic heterocycles. The average molecular weight is 366 g/mol. The van der Waals surface area contributed by atoms with Crippen LogP contribution in [-0.2, 0) is 19.7 Å². The van der Waals surface area contributed by atoms with Crippen molar-refractivity contribution >= 4 is 11.7 Å². The lowest BCUT2D eigenvalue weighted by Gasteiger charge is -2.66. The molecule has 142 valence electrons. The first-order valence-corrected chi connectivity index (χ1v) is 10.0. The predicted octanol–water partition coefficient (Wildman–Crippen LogP) is 2.31. The van der Waals surface area contributed by atoms with Gasteiger partial charge in [0.05, 0.1) is 25.2 Å². The number of likely N-dealkylation sites (N-methyl/N-ethyl adjacent to an activating group) is 1. The number of ether oxygens (including phenoxy) is 2. The number of hydrogen-bond donors (Lipinski definition) is 0. The summed E-state index contributed by atoms with van der Waals surface area (Å²) in [5.74, 6) is 0.0966. The van der Waals surface area contributed by atoms with Gasteiger partial charge in [-0.3, -0.25) is 9.69 Å². The molecule has 5 nitrogen and oxygen atoms in total. The Bertz CT molecular complexity index is 897. The number of nitrogens with zero attached hydrogens (tertiary/aromatic N) is 2. The predicted molar refractivity (Wildman–Crippen MR) is 101 cm³/mol. The summed E-state index contributed by atoms with van der Waals surface area (Å²) >= 11 is 0. The highest BCUT2D eigenvalue weighted by molar-refractivity contribution is 5.86. The minimum Gasteiger partial charge on any atom is -0.468 e. The van der Waals surface area contributed by atoms with Crippen molar-refractivity contribution in [3.05, 3.63) is 41.5 Å². The number of carbonyl (C=O) groups excluding carboxylic acids is 1. The van der Waals surface area contributed by atoms with Crippen molar-refractivity contribution in [1.29, 1.82) is 0 Å². The molecular formula is C22H26N2O3. The van der Waals surface area contributed by atoms with Crippen molar-refractivity contribution in [2.24, 2.45) is 11.3 Å². The lowest BCUT2D eigenvalue weighted by Crippen LogP contribution is -2.80. The Morgan fingerprint density at radius 3 is 2.96 bits per heavy atom. The molecule has 3 saturated heterocycles. The molecule has 4 aliphatic heterocycles. The van der Waals surface area contributed by atoms with Crippen LogP contribution in [0.15, 0.2) is 35.9 Å². The highest BCUT2D eigenvalue weighted by Gasteiger charge is 2.86. The van der Waals surface area contributed by atoms with E-state index in [1.807, 2.05) is 0 Å². The van der Waals surface area contributed by atoms with Crippen molar-refractivity contribution < 1.29 is 14.3 Å². The number of allylic oxidation sites excluding steroid dienone is 1. The number of carbonyl (C=O) groups is 1. The van der Waals surface area contributed by atoms with Gasteiger partial charge in [-0.25, -0.2) is 0 Å². The van der Waals surface area contributed by atoms with Gasteiger partial charge in [0.1, 0.15) is 5.41 Å². The number of benzene rings is 1. The number of hydrogen-bond acceptors (Lipinski definition) is 5. The normalized spacial score (nSPS) is 45.1. The van der Waals surface area contributed by atoms with E-state index in [2.05, 4.69) is 54.1 Å². The van der Waals surface area contributed by atoms with E-state index >= 15 is 0 Å². The number of esters is 1. The molecule has 5 bridgehead atoms. The topological polar surface area (TPSA) is 42.0 Å². The van der Waals surface area contributed by atoms with Crippen LogP contribution in [0.5, 0.6) is 0 Å². The van der Waals surface area contributed by atoms with Crippen molar-refractivity contribution in [3.8, 4) is 0 Å². The summed E-state index contributed by atoms with van der Waals surface area (Å²) < 4.78 is 12.3. The minimum absolute atomic E-state index is 0.0902. The van der Waals surface area contributed by atoms with Crippen LogP contribution in [0.2, 0.25) is 0 Å². The molecule has 0 unspecified atom stereocenters. The van der Waals surface area contributed by atoms with Crippen LogP contribution >= 0.6 is 0 Å². The number of para-hydroxylation sites is 1. The molecule has 0 amide bonds. The lowest BCUT2D eigenvalue weighted by molar-refractivity contribution is -0.183. The van der Waals surface area contributed by atoms with Gasteiger partial charge in [0, 0.05) is 31.7 Å². The average Bonchev–Trinajstić information content (AvgIpc) is 3.09. The quantitative estimate of drug-likeness (QED) is 0.564. The van der Waals surface area contributed by atoms with Gasteiger partial charge in [0.15, 0.2) is 5.72 Å². The summed E-state index contributed by atoms with van der Waals surface area (Å²) in [7, 11) is 3.70. The lowest BCUT2D eigenvalue weighted by atomic mass is 9.43. The Labute approximate surface area is 159 Å². The van der Waals surface area contributed by atoms with E-state index in [1.165, 1.54) is 23.9 Å². The number of piperidine rings is 2.